The van der Waals surface area contributed by atoms with Crippen LogP contribution in [0.4, 0.5) is 4.39 Å². The van der Waals surface area contributed by atoms with Crippen molar-refractivity contribution >= 4 is 11.7 Å². The number of halogens is 1. The minimum Gasteiger partial charge on any atom is -0.336 e. The van der Waals surface area contributed by atoms with Crippen LogP contribution < -0.4 is 0 Å². The molecule has 1 aromatic carbocycles. The van der Waals surface area contributed by atoms with Gasteiger partial charge in [0.2, 0.25) is 0 Å². The summed E-state index contributed by atoms with van der Waals surface area (Å²) < 4.78 is 17.7. The number of aromatic nitrogens is 3. The van der Waals surface area contributed by atoms with E-state index in [4.69, 9.17) is 0 Å². The van der Waals surface area contributed by atoms with E-state index < -0.39 is 5.82 Å². The molecule has 0 atom stereocenters. The molecule has 3 heterocycles. The van der Waals surface area contributed by atoms with Crippen molar-refractivity contribution in [3.8, 4) is 5.69 Å². The Hall–Kier alpha value is -3.26. The number of hydrogen-bond acceptors (Lipinski definition) is 4. The molecule has 8 heteroatoms. The lowest BCUT2D eigenvalue weighted by molar-refractivity contribution is 0.0624. The summed E-state index contributed by atoms with van der Waals surface area (Å²) in [6, 6.07) is 8.19. The Bertz CT molecular complexity index is 1020. The van der Waals surface area contributed by atoms with Crippen molar-refractivity contribution in [3.63, 3.8) is 0 Å². The lowest BCUT2D eigenvalue weighted by Crippen LogP contribution is -2.49. The number of hydrogen-bond donors (Lipinski definition) is 0. The molecule has 2 aromatic heterocycles. The van der Waals surface area contributed by atoms with Crippen molar-refractivity contribution in [3.05, 3.63) is 72.1 Å². The topological polar surface area (TPSA) is 63.4 Å². The second-order valence-electron chi connectivity index (χ2n) is 7.15. The molecule has 0 N–H and O–H groups in total. The van der Waals surface area contributed by atoms with Gasteiger partial charge in [0.15, 0.2) is 5.78 Å². The molecule has 0 saturated carbocycles. The zero-order valence-corrected chi connectivity index (χ0v) is 16.2. The van der Waals surface area contributed by atoms with Gasteiger partial charge < -0.3 is 9.47 Å². The lowest BCUT2D eigenvalue weighted by atomic mass is 10.1. The van der Waals surface area contributed by atoms with Crippen LogP contribution in [0, 0.1) is 5.82 Å². The fourth-order valence-electron chi connectivity index (χ4n) is 3.50. The van der Waals surface area contributed by atoms with Crippen LogP contribution in [0.5, 0.6) is 0 Å². The smallest absolute Gasteiger partial charge is 0.254 e. The number of nitrogens with zero attached hydrogens (tertiary/aromatic N) is 5. The van der Waals surface area contributed by atoms with E-state index >= 15 is 0 Å². The molecule has 0 radical (unpaired) electrons. The Labute approximate surface area is 167 Å². The van der Waals surface area contributed by atoms with Crippen LogP contribution in [0.2, 0.25) is 0 Å². The van der Waals surface area contributed by atoms with Crippen LogP contribution in [0.1, 0.15) is 20.7 Å². The van der Waals surface area contributed by atoms with Crippen molar-refractivity contribution in [2.45, 2.75) is 0 Å². The summed E-state index contributed by atoms with van der Waals surface area (Å²) in [5, 5.41) is 4.02. The molecule has 4 rings (SSSR count). The van der Waals surface area contributed by atoms with Crippen LogP contribution in [-0.4, -0.2) is 68.6 Å². The van der Waals surface area contributed by atoms with Gasteiger partial charge in [0.25, 0.3) is 5.91 Å². The quantitative estimate of drug-likeness (QED) is 0.620. The Morgan fingerprint density at radius 1 is 1.07 bits per heavy atom. The third kappa shape index (κ3) is 4.12. The van der Waals surface area contributed by atoms with Crippen molar-refractivity contribution in [1.82, 2.24) is 24.1 Å². The summed E-state index contributed by atoms with van der Waals surface area (Å²) >= 11 is 0. The molecule has 0 bridgehead atoms. The van der Waals surface area contributed by atoms with Crippen molar-refractivity contribution in [1.29, 1.82) is 0 Å². The van der Waals surface area contributed by atoms with E-state index in [9.17, 15) is 14.0 Å². The van der Waals surface area contributed by atoms with Gasteiger partial charge >= 0.3 is 0 Å². The molecule has 150 valence electrons. The van der Waals surface area contributed by atoms with Crippen molar-refractivity contribution in [2.24, 2.45) is 7.05 Å². The van der Waals surface area contributed by atoms with Crippen molar-refractivity contribution < 1.29 is 14.0 Å². The average Bonchev–Trinajstić information content (AvgIpc) is 3.40. The molecule has 29 heavy (non-hydrogen) atoms. The van der Waals surface area contributed by atoms with E-state index in [0.717, 1.165) is 0 Å². The number of ketones is 1. The minimum absolute atomic E-state index is 0.0144. The van der Waals surface area contributed by atoms with E-state index in [0.29, 0.717) is 49.5 Å². The summed E-state index contributed by atoms with van der Waals surface area (Å²) in [4.78, 5) is 28.8. The maximum absolute atomic E-state index is 14.5. The fraction of sp³-hybridized carbons (Fsp3) is 0.286. The molecule has 1 saturated heterocycles. The summed E-state index contributed by atoms with van der Waals surface area (Å²) in [5.74, 6) is -0.616. The minimum atomic E-state index is -0.437. The molecule has 7 nitrogen and oxygen atoms in total. The second kappa shape index (κ2) is 8.00. The highest BCUT2D eigenvalue weighted by molar-refractivity contribution is 5.97. The van der Waals surface area contributed by atoms with Crippen LogP contribution in [0.25, 0.3) is 5.69 Å². The van der Waals surface area contributed by atoms with Gasteiger partial charge in [-0.1, -0.05) is 0 Å². The number of Topliss-reactive ketones (excluding diaryl/α,β-unsaturated/α-hetero) is 1. The van der Waals surface area contributed by atoms with Crippen LogP contribution in [0.15, 0.2) is 55.1 Å². The summed E-state index contributed by atoms with van der Waals surface area (Å²) in [6.07, 6.45) is 6.78. The molecule has 0 aliphatic carbocycles. The first kappa shape index (κ1) is 19.1. The molecule has 1 aliphatic heterocycles. The number of carbonyl (C=O) groups is 2. The van der Waals surface area contributed by atoms with E-state index in [2.05, 4.69) is 5.10 Å². The first-order valence-corrected chi connectivity index (χ1v) is 9.47. The highest BCUT2D eigenvalue weighted by atomic mass is 19.1. The molecule has 0 unspecified atom stereocenters. The third-order valence-electron chi connectivity index (χ3n) is 5.13. The van der Waals surface area contributed by atoms with Gasteiger partial charge in [0.1, 0.15) is 5.82 Å². The van der Waals surface area contributed by atoms with Gasteiger partial charge in [0.05, 0.1) is 24.0 Å². The maximum Gasteiger partial charge on any atom is 0.254 e. The Balaban J connectivity index is 1.35. The zero-order chi connectivity index (χ0) is 20.4. The molecular formula is C21H22FN5O2. The normalized spacial score (nSPS) is 14.9. The standard InChI is InChI=1S/C21H22FN5O2/c1-24-14-17(13-23-24)20(28)15-25-8-10-27(11-9-25)21(29)16-4-5-19(18(22)12-16)26-6-2-3-7-26/h2-7,12-14H,8-11,15H2,1H3. The second-order valence-corrected chi connectivity index (χ2v) is 7.15. The first-order valence-electron chi connectivity index (χ1n) is 9.47. The molecule has 3 aromatic rings. The fourth-order valence-corrected chi connectivity index (χ4v) is 3.50. The van der Waals surface area contributed by atoms with Crippen LogP contribution in [-0.2, 0) is 7.05 Å². The van der Waals surface area contributed by atoms with Crippen molar-refractivity contribution in [2.75, 3.05) is 32.7 Å². The van der Waals surface area contributed by atoms with Gasteiger partial charge in [-0.15, -0.1) is 0 Å². The molecule has 1 fully saturated rings. The van der Waals surface area contributed by atoms with Gasteiger partial charge in [-0.25, -0.2) is 4.39 Å². The molecule has 1 amide bonds. The summed E-state index contributed by atoms with van der Waals surface area (Å²) in [6.45, 7) is 2.50. The van der Waals surface area contributed by atoms with Gasteiger partial charge in [-0.05, 0) is 30.3 Å². The number of rotatable bonds is 5. The molecule has 0 spiro atoms. The summed E-state index contributed by atoms with van der Waals surface area (Å²) in [5.41, 5.74) is 1.33. The predicted octanol–water partition coefficient (Wildman–Crippen LogP) is 1.99. The van der Waals surface area contributed by atoms with E-state index in [1.54, 1.807) is 58.1 Å². The Morgan fingerprint density at radius 3 is 2.41 bits per heavy atom. The van der Waals surface area contributed by atoms with Gasteiger partial charge in [-0.3, -0.25) is 19.2 Å². The first-order chi connectivity index (χ1) is 14.0. The number of carbonyl (C=O) groups excluding carboxylic acids is 2. The van der Waals surface area contributed by atoms with E-state index in [1.165, 1.54) is 6.07 Å². The average molecular weight is 395 g/mol. The van der Waals surface area contributed by atoms with Crippen LogP contribution >= 0.6 is 0 Å². The lowest BCUT2D eigenvalue weighted by Gasteiger charge is -2.34. The monoisotopic (exact) mass is 395 g/mol. The van der Waals surface area contributed by atoms with Crippen LogP contribution in [0.3, 0.4) is 0 Å². The largest absolute Gasteiger partial charge is 0.336 e. The highest BCUT2D eigenvalue weighted by Crippen LogP contribution is 2.17. The van der Waals surface area contributed by atoms with Gasteiger partial charge in [-0.2, -0.15) is 5.10 Å². The van der Waals surface area contributed by atoms with E-state index in [1.807, 2.05) is 17.0 Å². The highest BCUT2D eigenvalue weighted by Gasteiger charge is 2.24. The Morgan fingerprint density at radius 2 is 1.79 bits per heavy atom. The Kier molecular flexibility index (Phi) is 5.26. The maximum atomic E-state index is 14.5. The molecule has 1 aliphatic rings. The molecular weight excluding hydrogens is 373 g/mol. The SMILES string of the molecule is Cn1cc(C(=O)CN2CCN(C(=O)c3ccc(-n4cccc4)c(F)c3)CC2)cn1. The van der Waals surface area contributed by atoms with E-state index in [-0.39, 0.29) is 11.7 Å². The predicted molar refractivity (Wildman–Crippen MR) is 106 cm³/mol. The zero-order valence-electron chi connectivity index (χ0n) is 16.2. The number of amides is 1. The number of benzene rings is 1. The third-order valence-corrected chi connectivity index (χ3v) is 5.13. The summed E-state index contributed by atoms with van der Waals surface area (Å²) in [7, 11) is 1.77. The number of aryl methyl sites for hydroxylation is 1. The number of piperazine rings is 1. The van der Waals surface area contributed by atoms with Gasteiger partial charge in [0, 0.05) is 57.4 Å².